The van der Waals surface area contributed by atoms with Crippen LogP contribution >= 0.6 is 0 Å². The van der Waals surface area contributed by atoms with Crippen molar-refractivity contribution in [3.8, 4) is 0 Å². The highest BCUT2D eigenvalue weighted by Gasteiger charge is 2.29. The van der Waals surface area contributed by atoms with Crippen LogP contribution in [0.5, 0.6) is 0 Å². The Balaban J connectivity index is 2.08. The molecule has 0 spiro atoms. The van der Waals surface area contributed by atoms with Gasteiger partial charge in [0.05, 0.1) is 11.9 Å². The molecule has 0 aliphatic heterocycles. The third-order valence-electron chi connectivity index (χ3n) is 3.81. The van der Waals surface area contributed by atoms with Gasteiger partial charge in [-0.15, -0.1) is 0 Å². The first-order valence-electron chi connectivity index (χ1n) is 6.43. The number of rotatable bonds is 2. The molecule has 2 N–H and O–H groups in total. The number of hydrogen-bond acceptors (Lipinski definition) is 2. The van der Waals surface area contributed by atoms with Gasteiger partial charge in [-0.05, 0) is 49.1 Å². The molecule has 0 aromatic carbocycles. The zero-order chi connectivity index (χ0) is 12.4. The van der Waals surface area contributed by atoms with Crippen LogP contribution in [0, 0.1) is 23.6 Å². The molecule has 3 unspecified atom stereocenters. The van der Waals surface area contributed by atoms with E-state index in [9.17, 15) is 4.39 Å². The molecule has 1 aliphatic carbocycles. The third-order valence-corrected chi connectivity index (χ3v) is 3.81. The number of pyridine rings is 1. The first-order valence-corrected chi connectivity index (χ1v) is 6.43. The fourth-order valence-corrected chi connectivity index (χ4v) is 3.13. The normalized spacial score (nSPS) is 31.2. The van der Waals surface area contributed by atoms with Gasteiger partial charge < -0.3 is 5.73 Å². The summed E-state index contributed by atoms with van der Waals surface area (Å²) in [5.74, 6) is 1.64. The SMILES string of the molecule is CC1CC(C)CC(C(N)c2ccc(F)cn2)C1. The minimum absolute atomic E-state index is 0.0548. The highest BCUT2D eigenvalue weighted by atomic mass is 19.1. The molecular weight excluding hydrogens is 215 g/mol. The molecule has 94 valence electrons. The van der Waals surface area contributed by atoms with Crippen molar-refractivity contribution >= 4 is 0 Å². The zero-order valence-corrected chi connectivity index (χ0v) is 10.6. The molecule has 3 atom stereocenters. The molecule has 1 saturated carbocycles. The fraction of sp³-hybridized carbons (Fsp3) is 0.643. The summed E-state index contributed by atoms with van der Waals surface area (Å²) in [4.78, 5) is 4.10. The van der Waals surface area contributed by atoms with Gasteiger partial charge in [0.2, 0.25) is 0 Å². The molecule has 1 aromatic rings. The Morgan fingerprint density at radius 3 is 2.41 bits per heavy atom. The van der Waals surface area contributed by atoms with Gasteiger partial charge in [0.1, 0.15) is 5.82 Å². The minimum Gasteiger partial charge on any atom is -0.322 e. The Morgan fingerprint density at radius 2 is 1.88 bits per heavy atom. The molecule has 0 radical (unpaired) electrons. The van der Waals surface area contributed by atoms with Gasteiger partial charge in [-0.1, -0.05) is 13.8 Å². The van der Waals surface area contributed by atoms with Gasteiger partial charge in [-0.3, -0.25) is 4.98 Å². The molecule has 1 fully saturated rings. The second kappa shape index (κ2) is 5.13. The van der Waals surface area contributed by atoms with E-state index in [1.807, 2.05) is 0 Å². The molecule has 1 aliphatic rings. The van der Waals surface area contributed by atoms with Gasteiger partial charge in [0.15, 0.2) is 0 Å². The molecule has 0 saturated heterocycles. The highest BCUT2D eigenvalue weighted by Crippen LogP contribution is 2.38. The monoisotopic (exact) mass is 236 g/mol. The number of halogens is 1. The average molecular weight is 236 g/mol. The lowest BCUT2D eigenvalue weighted by molar-refractivity contribution is 0.192. The minimum atomic E-state index is -0.300. The van der Waals surface area contributed by atoms with Gasteiger partial charge in [0.25, 0.3) is 0 Å². The number of nitrogens with zero attached hydrogens (tertiary/aromatic N) is 1. The van der Waals surface area contributed by atoms with Crippen molar-refractivity contribution in [2.45, 2.75) is 39.2 Å². The lowest BCUT2D eigenvalue weighted by Gasteiger charge is -2.34. The van der Waals surface area contributed by atoms with Crippen LogP contribution in [0.2, 0.25) is 0 Å². The van der Waals surface area contributed by atoms with E-state index in [1.54, 1.807) is 6.07 Å². The van der Waals surface area contributed by atoms with Crippen LogP contribution in [-0.4, -0.2) is 4.98 Å². The molecular formula is C14H21FN2. The second-order valence-electron chi connectivity index (χ2n) is 5.60. The van der Waals surface area contributed by atoms with E-state index < -0.39 is 0 Å². The van der Waals surface area contributed by atoms with E-state index in [0.29, 0.717) is 5.92 Å². The summed E-state index contributed by atoms with van der Waals surface area (Å²) in [5, 5.41) is 0. The van der Waals surface area contributed by atoms with Crippen LogP contribution in [-0.2, 0) is 0 Å². The fourth-order valence-electron chi connectivity index (χ4n) is 3.13. The average Bonchev–Trinajstić information content (AvgIpc) is 2.28. The molecule has 2 rings (SSSR count). The van der Waals surface area contributed by atoms with E-state index in [2.05, 4.69) is 18.8 Å². The second-order valence-corrected chi connectivity index (χ2v) is 5.60. The number of aromatic nitrogens is 1. The smallest absolute Gasteiger partial charge is 0.141 e. The van der Waals surface area contributed by atoms with E-state index in [-0.39, 0.29) is 11.9 Å². The molecule has 0 amide bonds. The lowest BCUT2D eigenvalue weighted by Crippen LogP contribution is -2.29. The lowest BCUT2D eigenvalue weighted by atomic mass is 9.73. The summed E-state index contributed by atoms with van der Waals surface area (Å²) in [7, 11) is 0. The van der Waals surface area contributed by atoms with Gasteiger partial charge in [-0.2, -0.15) is 0 Å². The van der Waals surface area contributed by atoms with Crippen LogP contribution in [0.25, 0.3) is 0 Å². The first kappa shape index (κ1) is 12.5. The Kier molecular flexibility index (Phi) is 3.77. The quantitative estimate of drug-likeness (QED) is 0.855. The van der Waals surface area contributed by atoms with Crippen LogP contribution < -0.4 is 5.73 Å². The maximum Gasteiger partial charge on any atom is 0.141 e. The molecule has 2 nitrogen and oxygen atoms in total. The van der Waals surface area contributed by atoms with Crippen molar-refractivity contribution in [1.82, 2.24) is 4.98 Å². The first-order chi connectivity index (χ1) is 8.06. The van der Waals surface area contributed by atoms with Gasteiger partial charge in [0, 0.05) is 6.04 Å². The van der Waals surface area contributed by atoms with Crippen molar-refractivity contribution < 1.29 is 4.39 Å². The zero-order valence-electron chi connectivity index (χ0n) is 10.6. The molecule has 1 aromatic heterocycles. The van der Waals surface area contributed by atoms with Crippen molar-refractivity contribution in [3.63, 3.8) is 0 Å². The van der Waals surface area contributed by atoms with Crippen LogP contribution in [0.4, 0.5) is 4.39 Å². The third kappa shape index (κ3) is 3.03. The molecule has 0 bridgehead atoms. The van der Waals surface area contributed by atoms with E-state index in [0.717, 1.165) is 30.4 Å². The number of hydrogen-bond donors (Lipinski definition) is 1. The standard InChI is InChI=1S/C14H21FN2/c1-9-5-10(2)7-11(6-9)14(16)13-4-3-12(15)8-17-13/h3-4,8-11,14H,5-7,16H2,1-2H3. The summed E-state index contributed by atoms with van der Waals surface area (Å²) in [6.45, 7) is 4.57. The summed E-state index contributed by atoms with van der Waals surface area (Å²) in [6.07, 6.45) is 4.86. The van der Waals surface area contributed by atoms with Crippen LogP contribution in [0.3, 0.4) is 0 Å². The summed E-state index contributed by atoms with van der Waals surface area (Å²) >= 11 is 0. The molecule has 1 heterocycles. The van der Waals surface area contributed by atoms with E-state index in [1.165, 1.54) is 18.7 Å². The van der Waals surface area contributed by atoms with Crippen LogP contribution in [0.1, 0.15) is 44.8 Å². The Hall–Kier alpha value is -0.960. The summed E-state index contributed by atoms with van der Waals surface area (Å²) < 4.78 is 12.8. The van der Waals surface area contributed by atoms with Crippen LogP contribution in [0.15, 0.2) is 18.3 Å². The predicted octanol–water partition coefficient (Wildman–Crippen LogP) is 3.29. The van der Waals surface area contributed by atoms with Gasteiger partial charge >= 0.3 is 0 Å². The van der Waals surface area contributed by atoms with E-state index >= 15 is 0 Å². The van der Waals surface area contributed by atoms with Crippen molar-refractivity contribution in [1.29, 1.82) is 0 Å². The van der Waals surface area contributed by atoms with E-state index in [4.69, 9.17) is 5.73 Å². The largest absolute Gasteiger partial charge is 0.322 e. The molecule has 17 heavy (non-hydrogen) atoms. The van der Waals surface area contributed by atoms with Crippen molar-refractivity contribution in [2.75, 3.05) is 0 Å². The number of nitrogens with two attached hydrogens (primary N) is 1. The maximum atomic E-state index is 12.8. The summed E-state index contributed by atoms with van der Waals surface area (Å²) in [6, 6.07) is 3.10. The predicted molar refractivity (Wildman–Crippen MR) is 66.8 cm³/mol. The van der Waals surface area contributed by atoms with Gasteiger partial charge in [-0.25, -0.2) is 4.39 Å². The Morgan fingerprint density at radius 1 is 1.24 bits per heavy atom. The maximum absolute atomic E-state index is 12.8. The topological polar surface area (TPSA) is 38.9 Å². The Labute approximate surface area is 102 Å². The molecule has 3 heteroatoms. The summed E-state index contributed by atoms with van der Waals surface area (Å²) in [5.41, 5.74) is 7.08. The highest BCUT2D eigenvalue weighted by molar-refractivity contribution is 5.10. The Bertz CT molecular complexity index is 353. The van der Waals surface area contributed by atoms with Crippen molar-refractivity contribution in [3.05, 3.63) is 29.8 Å². The van der Waals surface area contributed by atoms with Crippen molar-refractivity contribution in [2.24, 2.45) is 23.5 Å².